The number of aromatic nitrogens is 6. The van der Waals surface area contributed by atoms with Gasteiger partial charge in [0.05, 0.1) is 11.0 Å². The second-order valence-electron chi connectivity index (χ2n) is 5.75. The molecule has 1 aliphatic rings. The average Bonchev–Trinajstić information content (AvgIpc) is 3.06. The highest BCUT2D eigenvalue weighted by molar-refractivity contribution is 9.10. The van der Waals surface area contributed by atoms with Crippen LogP contribution in [0.2, 0.25) is 0 Å². The number of H-pyrrole nitrogens is 1. The topological polar surface area (TPSA) is 128 Å². The second kappa shape index (κ2) is 5.92. The Morgan fingerprint density at radius 3 is 3.00 bits per heavy atom. The van der Waals surface area contributed by atoms with Crippen LogP contribution in [0.25, 0.3) is 11.0 Å². The van der Waals surface area contributed by atoms with Gasteiger partial charge in [0.15, 0.2) is 6.33 Å². The molecular weight excluding hydrogens is 394 g/mol. The van der Waals surface area contributed by atoms with Crippen molar-refractivity contribution in [2.24, 2.45) is 0 Å². The van der Waals surface area contributed by atoms with Gasteiger partial charge in [-0.1, -0.05) is 20.8 Å². The molecule has 2 N–H and O–H groups in total. The van der Waals surface area contributed by atoms with Gasteiger partial charge in [0.25, 0.3) is 0 Å². The zero-order valence-electron chi connectivity index (χ0n) is 12.8. The summed E-state index contributed by atoms with van der Waals surface area (Å²) >= 11 is 3.41. The van der Waals surface area contributed by atoms with Crippen LogP contribution >= 0.6 is 15.9 Å². The Bertz CT molecular complexity index is 1090. The highest BCUT2D eigenvalue weighted by Crippen LogP contribution is 2.32. The summed E-state index contributed by atoms with van der Waals surface area (Å²) in [5, 5.41) is 10.8. The van der Waals surface area contributed by atoms with Crippen molar-refractivity contribution in [3.8, 4) is 0 Å². The molecule has 10 nitrogen and oxygen atoms in total. The van der Waals surface area contributed by atoms with Crippen LogP contribution in [0.1, 0.15) is 24.4 Å². The molecule has 0 saturated carbocycles. The first-order chi connectivity index (χ1) is 12.0. The minimum Gasteiger partial charge on any atom is -0.316 e. The first-order valence-electron chi connectivity index (χ1n) is 7.53. The number of nitrogens with one attached hydrogen (secondary N) is 2. The Hall–Kier alpha value is -2.82. The minimum atomic E-state index is -0.707. The Balaban J connectivity index is 1.76. The summed E-state index contributed by atoms with van der Waals surface area (Å²) in [6.07, 6.45) is 2.48. The summed E-state index contributed by atoms with van der Waals surface area (Å²) < 4.78 is 2.25. The van der Waals surface area contributed by atoms with E-state index >= 15 is 0 Å². The number of aromatic amines is 1. The molecule has 25 heavy (non-hydrogen) atoms. The van der Waals surface area contributed by atoms with E-state index in [0.717, 1.165) is 14.9 Å². The molecule has 0 saturated heterocycles. The van der Waals surface area contributed by atoms with E-state index in [1.807, 2.05) is 6.07 Å². The van der Waals surface area contributed by atoms with Crippen LogP contribution in [0.5, 0.6) is 0 Å². The number of nitrogens with zero attached hydrogens (tertiary/aromatic N) is 5. The van der Waals surface area contributed by atoms with Crippen molar-refractivity contribution in [1.29, 1.82) is 0 Å². The lowest BCUT2D eigenvalue weighted by molar-refractivity contribution is -0.118. The lowest BCUT2D eigenvalue weighted by Crippen LogP contribution is -2.41. The van der Waals surface area contributed by atoms with Gasteiger partial charge in [-0.25, -0.2) is 5.43 Å². The Morgan fingerprint density at radius 1 is 1.40 bits per heavy atom. The third-order valence-corrected chi connectivity index (χ3v) is 4.62. The van der Waals surface area contributed by atoms with Crippen LogP contribution in [0.3, 0.4) is 0 Å². The molecule has 11 heteroatoms. The predicted octanol–water partition coefficient (Wildman–Crippen LogP) is 0.0865. The van der Waals surface area contributed by atoms with Crippen molar-refractivity contribution < 1.29 is 4.79 Å². The van der Waals surface area contributed by atoms with E-state index in [4.69, 9.17) is 0 Å². The van der Waals surface area contributed by atoms with Crippen LogP contribution in [-0.2, 0) is 11.2 Å². The van der Waals surface area contributed by atoms with E-state index in [1.165, 1.54) is 10.9 Å². The third kappa shape index (κ3) is 2.76. The number of amides is 1. The molecule has 1 unspecified atom stereocenters. The van der Waals surface area contributed by atoms with Gasteiger partial charge >= 0.3 is 11.1 Å². The number of carbonyl (C=O) groups excluding carboxylic acids is 1. The first kappa shape index (κ1) is 15.7. The normalized spacial score (nSPS) is 16.1. The maximum Gasteiger partial charge on any atom is 0.317 e. The number of benzene rings is 1. The highest BCUT2D eigenvalue weighted by atomic mass is 79.9. The summed E-state index contributed by atoms with van der Waals surface area (Å²) in [6, 6.07) is 3.25. The fourth-order valence-electron chi connectivity index (χ4n) is 3.20. The molecular formula is C14H12BrN7O3. The zero-order valence-corrected chi connectivity index (χ0v) is 14.4. The minimum absolute atomic E-state index is 0.0233. The summed E-state index contributed by atoms with van der Waals surface area (Å²) in [4.78, 5) is 40.2. The lowest BCUT2D eigenvalue weighted by Gasteiger charge is -2.27. The molecule has 0 aliphatic carbocycles. The van der Waals surface area contributed by atoms with Gasteiger partial charge in [0.1, 0.15) is 0 Å². The smallest absolute Gasteiger partial charge is 0.316 e. The van der Waals surface area contributed by atoms with Gasteiger partial charge in [0, 0.05) is 16.9 Å². The number of hydrogen-bond donors (Lipinski definition) is 2. The number of tetrazole rings is 1. The maximum atomic E-state index is 12.4. The molecule has 0 fully saturated rings. The molecule has 0 spiro atoms. The SMILES string of the molecule is O=C(CC1CCc2cc(Br)cc3[nH]c(=O)c(=O)n1c23)Nn1ncnn1. The Labute approximate surface area is 147 Å². The molecule has 128 valence electrons. The second-order valence-corrected chi connectivity index (χ2v) is 6.66. The number of aryl methyl sites for hydroxylation is 1. The highest BCUT2D eigenvalue weighted by Gasteiger charge is 2.26. The molecule has 1 amide bonds. The van der Waals surface area contributed by atoms with Gasteiger partial charge < -0.3 is 4.98 Å². The fraction of sp³-hybridized carbons (Fsp3) is 0.286. The van der Waals surface area contributed by atoms with Crippen LogP contribution in [0, 0.1) is 0 Å². The van der Waals surface area contributed by atoms with Gasteiger partial charge in [-0.05, 0) is 35.8 Å². The zero-order chi connectivity index (χ0) is 17.6. The number of rotatable bonds is 3. The first-order valence-corrected chi connectivity index (χ1v) is 8.32. The summed E-state index contributed by atoms with van der Waals surface area (Å²) in [5.74, 6) is -0.371. The van der Waals surface area contributed by atoms with Crippen molar-refractivity contribution in [2.45, 2.75) is 25.3 Å². The molecule has 2 aromatic heterocycles. The van der Waals surface area contributed by atoms with Crippen molar-refractivity contribution in [2.75, 3.05) is 5.43 Å². The molecule has 1 aromatic carbocycles. The van der Waals surface area contributed by atoms with Gasteiger partial charge in [-0.2, -0.15) is 0 Å². The number of halogens is 1. The quantitative estimate of drug-likeness (QED) is 0.594. The lowest BCUT2D eigenvalue weighted by atomic mass is 9.96. The maximum absolute atomic E-state index is 12.4. The summed E-state index contributed by atoms with van der Waals surface area (Å²) in [5.41, 5.74) is 3.27. The van der Waals surface area contributed by atoms with Crippen molar-refractivity contribution in [3.63, 3.8) is 0 Å². The van der Waals surface area contributed by atoms with E-state index in [2.05, 4.69) is 41.8 Å². The van der Waals surface area contributed by atoms with Crippen LogP contribution in [0.4, 0.5) is 0 Å². The Kier molecular flexibility index (Phi) is 3.71. The largest absolute Gasteiger partial charge is 0.317 e. The monoisotopic (exact) mass is 405 g/mol. The predicted molar refractivity (Wildman–Crippen MR) is 90.7 cm³/mol. The van der Waals surface area contributed by atoms with E-state index in [-0.39, 0.29) is 12.3 Å². The van der Waals surface area contributed by atoms with Crippen molar-refractivity contribution >= 4 is 32.9 Å². The van der Waals surface area contributed by atoms with Crippen LogP contribution in [0.15, 0.2) is 32.5 Å². The Morgan fingerprint density at radius 2 is 2.24 bits per heavy atom. The van der Waals surface area contributed by atoms with Crippen LogP contribution in [-0.4, -0.2) is 35.8 Å². The van der Waals surface area contributed by atoms with Crippen molar-refractivity contribution in [1.82, 2.24) is 29.9 Å². The molecule has 3 heterocycles. The number of carbonyl (C=O) groups is 1. The molecule has 0 radical (unpaired) electrons. The fourth-order valence-corrected chi connectivity index (χ4v) is 3.70. The van der Waals surface area contributed by atoms with Gasteiger partial charge in [0.2, 0.25) is 5.91 Å². The average molecular weight is 406 g/mol. The standard InChI is InChI=1S/C14H12BrN7O3/c15-8-3-7-1-2-9(5-11(23)19-22-17-6-16-20-22)21-12(7)10(4-8)18-13(24)14(21)25/h3-4,6,9H,1-2,5H2,(H,18,24)(H,19,23). The van der Waals surface area contributed by atoms with E-state index in [9.17, 15) is 14.4 Å². The molecule has 0 bridgehead atoms. The van der Waals surface area contributed by atoms with Crippen LogP contribution < -0.4 is 16.5 Å². The number of hydrogen-bond acceptors (Lipinski definition) is 6. The molecule has 4 rings (SSSR count). The molecule has 1 aliphatic heterocycles. The third-order valence-electron chi connectivity index (χ3n) is 4.16. The van der Waals surface area contributed by atoms with Crippen molar-refractivity contribution in [3.05, 3.63) is 49.2 Å². The van der Waals surface area contributed by atoms with E-state index < -0.39 is 17.2 Å². The van der Waals surface area contributed by atoms with Gasteiger partial charge in [-0.3, -0.25) is 19.0 Å². The van der Waals surface area contributed by atoms with E-state index in [1.54, 1.807) is 6.07 Å². The molecule has 1 atom stereocenters. The van der Waals surface area contributed by atoms with Gasteiger partial charge in [-0.15, -0.1) is 10.2 Å². The summed E-state index contributed by atoms with van der Waals surface area (Å²) in [6.45, 7) is 0. The van der Waals surface area contributed by atoms with E-state index in [0.29, 0.717) is 23.9 Å². The summed E-state index contributed by atoms with van der Waals surface area (Å²) in [7, 11) is 0. The molecule has 3 aromatic rings.